The summed E-state index contributed by atoms with van der Waals surface area (Å²) in [5.74, 6) is 0.0310. The third-order valence-electron chi connectivity index (χ3n) is 5.10. The van der Waals surface area contributed by atoms with E-state index in [9.17, 15) is 9.59 Å². The molecule has 0 radical (unpaired) electrons. The zero-order chi connectivity index (χ0) is 17.2. The zero-order valence-electron chi connectivity index (χ0n) is 13.7. The number of benzene rings is 1. The van der Waals surface area contributed by atoms with Crippen molar-refractivity contribution in [3.05, 3.63) is 28.2 Å². The van der Waals surface area contributed by atoms with Gasteiger partial charge in [0.1, 0.15) is 0 Å². The number of carbonyl (C=O) groups excluding carboxylic acids is 2. The van der Waals surface area contributed by atoms with Crippen LogP contribution in [0, 0.1) is 11.3 Å². The number of hydrogen-bond acceptors (Lipinski definition) is 3. The van der Waals surface area contributed by atoms with Gasteiger partial charge in [0.05, 0.1) is 22.7 Å². The molecule has 138 valence electrons. The van der Waals surface area contributed by atoms with E-state index in [1.54, 1.807) is 18.2 Å². The number of fused-ring (bicyclic) bond motifs is 1. The Labute approximate surface area is 163 Å². The first kappa shape index (κ1) is 20.3. The van der Waals surface area contributed by atoms with Crippen molar-refractivity contribution < 1.29 is 9.59 Å². The molecule has 0 bridgehead atoms. The Kier molecular flexibility index (Phi) is 6.97. The first-order valence-corrected chi connectivity index (χ1v) is 9.01. The number of nitrogens with one attached hydrogen (secondary N) is 3. The number of anilines is 1. The molecule has 2 fully saturated rings. The van der Waals surface area contributed by atoms with Crippen LogP contribution in [0.2, 0.25) is 10.0 Å². The summed E-state index contributed by atoms with van der Waals surface area (Å²) in [5, 5.41) is 9.71. The second-order valence-electron chi connectivity index (χ2n) is 6.58. The number of amides is 2. The van der Waals surface area contributed by atoms with Gasteiger partial charge in [-0.3, -0.25) is 9.59 Å². The molecule has 1 aliphatic heterocycles. The molecule has 1 heterocycles. The van der Waals surface area contributed by atoms with Crippen LogP contribution in [0.5, 0.6) is 0 Å². The van der Waals surface area contributed by atoms with Gasteiger partial charge in [0, 0.05) is 11.6 Å². The predicted molar refractivity (Wildman–Crippen MR) is 103 cm³/mol. The maximum Gasteiger partial charge on any atom is 0.243 e. The van der Waals surface area contributed by atoms with Crippen molar-refractivity contribution >= 4 is 53.1 Å². The van der Waals surface area contributed by atoms with Crippen LogP contribution in [0.3, 0.4) is 0 Å². The molecule has 0 unspecified atom stereocenters. The van der Waals surface area contributed by atoms with Crippen LogP contribution in [-0.4, -0.2) is 31.4 Å². The van der Waals surface area contributed by atoms with Crippen LogP contribution in [0.4, 0.5) is 5.69 Å². The minimum atomic E-state index is -0.355. The summed E-state index contributed by atoms with van der Waals surface area (Å²) in [6.45, 7) is 1.51. The first-order chi connectivity index (χ1) is 11.5. The highest BCUT2D eigenvalue weighted by Gasteiger charge is 2.49. The minimum absolute atomic E-state index is 0. The Morgan fingerprint density at radius 2 is 2.08 bits per heavy atom. The first-order valence-electron chi connectivity index (χ1n) is 8.25. The van der Waals surface area contributed by atoms with Gasteiger partial charge in [-0.05, 0) is 43.5 Å². The number of hydrogen-bond donors (Lipinski definition) is 3. The van der Waals surface area contributed by atoms with Crippen molar-refractivity contribution in [2.45, 2.75) is 25.7 Å². The fraction of sp³-hybridized carbons (Fsp3) is 0.529. The maximum atomic E-state index is 12.7. The Balaban J connectivity index is 0.00000225. The molecule has 1 saturated heterocycles. The minimum Gasteiger partial charge on any atom is -0.346 e. The zero-order valence-corrected chi connectivity index (χ0v) is 16.1. The average Bonchev–Trinajstić information content (AvgIpc) is 3.01. The third-order valence-corrected chi connectivity index (χ3v) is 5.67. The van der Waals surface area contributed by atoms with Crippen molar-refractivity contribution in [2.24, 2.45) is 11.3 Å². The largest absolute Gasteiger partial charge is 0.346 e. The monoisotopic (exact) mass is 405 g/mol. The van der Waals surface area contributed by atoms with Gasteiger partial charge >= 0.3 is 0 Å². The molecule has 0 spiro atoms. The van der Waals surface area contributed by atoms with Crippen LogP contribution in [0.15, 0.2) is 18.2 Å². The fourth-order valence-corrected chi connectivity index (χ4v) is 4.15. The highest BCUT2D eigenvalue weighted by atomic mass is 35.5. The van der Waals surface area contributed by atoms with Gasteiger partial charge in [0.25, 0.3) is 0 Å². The maximum absolute atomic E-state index is 12.7. The molecule has 8 heteroatoms. The van der Waals surface area contributed by atoms with Gasteiger partial charge in [-0.1, -0.05) is 36.0 Å². The highest BCUT2D eigenvalue weighted by molar-refractivity contribution is 6.35. The molecule has 2 aliphatic rings. The molecule has 1 aromatic rings. The van der Waals surface area contributed by atoms with E-state index in [2.05, 4.69) is 16.0 Å². The molecule has 1 saturated carbocycles. The molecule has 3 rings (SSSR count). The topological polar surface area (TPSA) is 70.2 Å². The molecule has 1 aromatic carbocycles. The van der Waals surface area contributed by atoms with Crippen LogP contribution in [0.1, 0.15) is 25.7 Å². The van der Waals surface area contributed by atoms with Crippen molar-refractivity contribution in [3.8, 4) is 0 Å². The van der Waals surface area contributed by atoms with E-state index in [0.29, 0.717) is 28.2 Å². The van der Waals surface area contributed by atoms with Crippen molar-refractivity contribution in [1.29, 1.82) is 0 Å². The van der Waals surface area contributed by atoms with Gasteiger partial charge < -0.3 is 16.0 Å². The van der Waals surface area contributed by atoms with Gasteiger partial charge in [-0.25, -0.2) is 0 Å². The normalized spacial score (nSPS) is 24.8. The molecule has 2 atom stereocenters. The number of rotatable bonds is 4. The lowest BCUT2D eigenvalue weighted by Crippen LogP contribution is -2.49. The Bertz CT molecular complexity index is 656. The van der Waals surface area contributed by atoms with Gasteiger partial charge in [0.15, 0.2) is 0 Å². The average molecular weight is 407 g/mol. The van der Waals surface area contributed by atoms with E-state index in [1.807, 2.05) is 0 Å². The summed E-state index contributed by atoms with van der Waals surface area (Å²) in [4.78, 5) is 24.8. The van der Waals surface area contributed by atoms with Crippen LogP contribution in [0.25, 0.3) is 0 Å². The summed E-state index contributed by atoms with van der Waals surface area (Å²) in [6, 6.07) is 4.85. The van der Waals surface area contributed by atoms with E-state index < -0.39 is 0 Å². The molecule has 2 amide bonds. The second-order valence-corrected chi connectivity index (χ2v) is 7.43. The molecular weight excluding hydrogens is 385 g/mol. The summed E-state index contributed by atoms with van der Waals surface area (Å²) in [6.07, 6.45) is 4.20. The molecular formula is C17H22Cl3N3O2. The second kappa shape index (κ2) is 8.58. The Morgan fingerprint density at radius 1 is 1.28 bits per heavy atom. The standard InChI is InChI=1S/C17H21Cl2N3O2.ClH/c18-12-4-5-13(19)14(7-12)22-15(23)9-21-16(24)17-6-2-1-3-11(17)8-20-10-17;/h4-5,7,11,20H,1-3,6,8-10H2,(H,21,24)(H,22,23);1H/t11-,17+;/m0./s1. The molecule has 5 nitrogen and oxygen atoms in total. The van der Waals surface area contributed by atoms with Crippen LogP contribution < -0.4 is 16.0 Å². The Morgan fingerprint density at radius 3 is 2.88 bits per heavy atom. The van der Waals surface area contributed by atoms with Crippen molar-refractivity contribution in [3.63, 3.8) is 0 Å². The predicted octanol–water partition coefficient (Wildman–Crippen LogP) is 3.25. The lowest BCUT2D eigenvalue weighted by atomic mass is 9.67. The van der Waals surface area contributed by atoms with E-state index in [1.165, 1.54) is 6.42 Å². The summed E-state index contributed by atoms with van der Waals surface area (Å²) in [5.41, 5.74) is 0.0892. The summed E-state index contributed by atoms with van der Waals surface area (Å²) in [7, 11) is 0. The molecule has 25 heavy (non-hydrogen) atoms. The number of carbonyl (C=O) groups is 2. The Hall–Kier alpha value is -1.01. The van der Waals surface area contributed by atoms with Gasteiger partial charge in [-0.2, -0.15) is 0 Å². The van der Waals surface area contributed by atoms with Crippen molar-refractivity contribution in [1.82, 2.24) is 10.6 Å². The fourth-order valence-electron chi connectivity index (χ4n) is 3.81. The van der Waals surface area contributed by atoms with Crippen LogP contribution in [-0.2, 0) is 9.59 Å². The SMILES string of the molecule is Cl.O=C(CNC(=O)[C@@]12CCCC[C@H]1CNC2)Nc1cc(Cl)ccc1Cl. The van der Waals surface area contributed by atoms with E-state index in [4.69, 9.17) is 23.2 Å². The third kappa shape index (κ3) is 4.40. The lowest BCUT2D eigenvalue weighted by Gasteiger charge is -2.37. The highest BCUT2D eigenvalue weighted by Crippen LogP contribution is 2.43. The molecule has 0 aromatic heterocycles. The van der Waals surface area contributed by atoms with Gasteiger partial charge in [0.2, 0.25) is 11.8 Å². The summed E-state index contributed by atoms with van der Waals surface area (Å²) < 4.78 is 0. The molecule has 3 N–H and O–H groups in total. The summed E-state index contributed by atoms with van der Waals surface area (Å²) >= 11 is 11.9. The lowest BCUT2D eigenvalue weighted by molar-refractivity contribution is -0.135. The van der Waals surface area contributed by atoms with Crippen LogP contribution >= 0.6 is 35.6 Å². The smallest absolute Gasteiger partial charge is 0.243 e. The quantitative estimate of drug-likeness (QED) is 0.719. The van der Waals surface area contributed by atoms with E-state index in [0.717, 1.165) is 25.8 Å². The van der Waals surface area contributed by atoms with E-state index in [-0.39, 0.29) is 36.2 Å². The molecule has 1 aliphatic carbocycles. The number of halogens is 3. The van der Waals surface area contributed by atoms with Gasteiger partial charge in [-0.15, -0.1) is 12.4 Å². The van der Waals surface area contributed by atoms with E-state index >= 15 is 0 Å². The van der Waals surface area contributed by atoms with Crippen molar-refractivity contribution in [2.75, 3.05) is 25.0 Å².